The summed E-state index contributed by atoms with van der Waals surface area (Å²) in [6.45, 7) is 10.8. The van der Waals surface area contributed by atoms with E-state index >= 15 is 8.78 Å². The number of benzene rings is 2. The number of nitrogens with one attached hydrogen (secondary N) is 3. The number of carbonyl (C=O) groups excluding carboxylic acids is 3. The molecule has 1 spiro atoms. The van der Waals surface area contributed by atoms with E-state index in [1.54, 1.807) is 64.7 Å². The number of halogens is 2. The number of urea groups is 1. The zero-order valence-electron chi connectivity index (χ0n) is 40.5. The van der Waals surface area contributed by atoms with Crippen molar-refractivity contribution in [2.24, 2.45) is 10.8 Å². The van der Waals surface area contributed by atoms with Crippen LogP contribution in [0, 0.1) is 23.2 Å². The Labute approximate surface area is 411 Å². The molecule has 3 aromatic heterocycles. The normalized spacial score (nSPS) is 22.4. The molecule has 5 N–H and O–H groups in total. The molecule has 2 aromatic carbocycles. The van der Waals surface area contributed by atoms with Crippen LogP contribution in [0.5, 0.6) is 5.75 Å². The van der Waals surface area contributed by atoms with Crippen molar-refractivity contribution in [3.05, 3.63) is 94.9 Å². The van der Waals surface area contributed by atoms with E-state index in [1.807, 2.05) is 39.8 Å². The van der Waals surface area contributed by atoms with Crippen LogP contribution < -0.4 is 15.5 Å². The number of phenols is 1. The second kappa shape index (κ2) is 18.8. The second-order valence-corrected chi connectivity index (χ2v) is 21.4. The van der Waals surface area contributed by atoms with Crippen molar-refractivity contribution in [3.63, 3.8) is 0 Å². The Kier molecular flexibility index (Phi) is 12.7. The predicted octanol–water partition coefficient (Wildman–Crippen LogP) is 6.08. The van der Waals surface area contributed by atoms with Gasteiger partial charge in [0, 0.05) is 90.6 Å². The number of anilines is 1. The Morgan fingerprint density at radius 2 is 1.68 bits per heavy atom. The van der Waals surface area contributed by atoms with E-state index in [0.717, 1.165) is 55.5 Å². The zero-order chi connectivity index (χ0) is 49.9. The fourth-order valence-corrected chi connectivity index (χ4v) is 11.7. The molecule has 10 rings (SSSR count). The minimum absolute atomic E-state index is 0.00479. The molecule has 18 heteroatoms. The molecule has 1 saturated carbocycles. The number of aromatic nitrogens is 5. The van der Waals surface area contributed by atoms with Gasteiger partial charge >= 0.3 is 6.03 Å². The number of hydrogen-bond donors (Lipinski definition) is 5. The number of aliphatic hydroxyl groups is 1. The fourth-order valence-electron chi connectivity index (χ4n) is 11.7. The molecule has 0 radical (unpaired) electrons. The van der Waals surface area contributed by atoms with Crippen molar-refractivity contribution < 1.29 is 33.4 Å². The van der Waals surface area contributed by atoms with Crippen LogP contribution in [0.3, 0.4) is 0 Å². The molecule has 1 unspecified atom stereocenters. The first-order valence-electron chi connectivity index (χ1n) is 24.7. The highest BCUT2D eigenvalue weighted by Crippen LogP contribution is 2.51. The lowest BCUT2D eigenvalue weighted by Crippen LogP contribution is -2.70. The summed E-state index contributed by atoms with van der Waals surface area (Å²) in [6.07, 6.45) is 9.83. The number of fused-ring (bicyclic) bond motifs is 3. The number of amides is 4. The summed E-state index contributed by atoms with van der Waals surface area (Å²) in [5, 5.41) is 36.2. The maximum atomic E-state index is 15.1. The lowest BCUT2D eigenvalue weighted by molar-refractivity contribution is -0.142. The molecule has 372 valence electrons. The van der Waals surface area contributed by atoms with E-state index in [-0.39, 0.29) is 54.0 Å². The van der Waals surface area contributed by atoms with Crippen LogP contribution in [0.2, 0.25) is 0 Å². The molecule has 5 aliphatic rings. The number of β-amino-alcohol motifs (C(OH)–C–C–N with tert-alkyl or cyclic N) is 1. The maximum Gasteiger partial charge on any atom is 0.318 e. The predicted molar refractivity (Wildman–Crippen MR) is 262 cm³/mol. The Balaban J connectivity index is 0.709. The van der Waals surface area contributed by atoms with Gasteiger partial charge < -0.3 is 45.4 Å². The van der Waals surface area contributed by atoms with Crippen LogP contribution in [0.25, 0.3) is 22.3 Å². The molecule has 4 fully saturated rings. The quantitative estimate of drug-likeness (QED) is 0.102. The van der Waals surface area contributed by atoms with Gasteiger partial charge in [-0.15, -0.1) is 16.6 Å². The van der Waals surface area contributed by atoms with Crippen molar-refractivity contribution in [2.75, 3.05) is 44.2 Å². The topological polar surface area (TPSA) is 196 Å². The van der Waals surface area contributed by atoms with Crippen molar-refractivity contribution >= 4 is 34.8 Å². The number of aromatic hydroxyl groups is 1. The average molecular weight is 970 g/mol. The smallest absolute Gasteiger partial charge is 0.318 e. The third-order valence-electron chi connectivity index (χ3n) is 15.6. The van der Waals surface area contributed by atoms with Crippen LogP contribution in [0.15, 0.2) is 67.0 Å². The number of piperidine rings is 1. The van der Waals surface area contributed by atoms with Gasteiger partial charge in [-0.3, -0.25) is 9.59 Å². The maximum absolute atomic E-state index is 15.1. The molecular weight excluding hydrogens is 909 g/mol. The molecule has 71 heavy (non-hydrogen) atoms. The van der Waals surface area contributed by atoms with Crippen molar-refractivity contribution in [1.82, 2.24) is 50.5 Å². The molecule has 16 nitrogen and oxygen atoms in total. The number of para-hydroxylation sites is 1. The lowest BCUT2D eigenvalue weighted by Gasteiger charge is -2.61. The van der Waals surface area contributed by atoms with Gasteiger partial charge in [0.1, 0.15) is 23.9 Å². The van der Waals surface area contributed by atoms with E-state index in [0.29, 0.717) is 65.6 Å². The van der Waals surface area contributed by atoms with Gasteiger partial charge in [0.2, 0.25) is 17.8 Å². The summed E-state index contributed by atoms with van der Waals surface area (Å²) >= 11 is 0. The number of likely N-dealkylation sites (tertiary alicyclic amines) is 3. The number of H-pyrrole nitrogens is 1. The summed E-state index contributed by atoms with van der Waals surface area (Å²) < 4.78 is 30.2. The summed E-state index contributed by atoms with van der Waals surface area (Å²) in [7, 11) is 0. The largest absolute Gasteiger partial charge is 0.507 e. The van der Waals surface area contributed by atoms with Crippen molar-refractivity contribution in [1.29, 1.82) is 0 Å². The number of aliphatic hydroxyl groups excluding tert-OH is 1. The fraction of sp³-hybridized carbons (Fsp3) is 0.491. The van der Waals surface area contributed by atoms with Crippen LogP contribution >= 0.6 is 0 Å². The number of nitrogens with zero attached hydrogens (tertiary/aromatic N) is 8. The van der Waals surface area contributed by atoms with Crippen LogP contribution in [0.1, 0.15) is 106 Å². The van der Waals surface area contributed by atoms with E-state index in [1.165, 1.54) is 4.90 Å². The van der Waals surface area contributed by atoms with Gasteiger partial charge in [-0.05, 0) is 98.5 Å². The minimum Gasteiger partial charge on any atom is -0.507 e. The molecule has 4 amide bonds. The average Bonchev–Trinajstić information content (AvgIpc) is 3.92. The van der Waals surface area contributed by atoms with E-state index < -0.39 is 42.0 Å². The molecule has 1 aliphatic carbocycles. The molecule has 3 saturated heterocycles. The van der Waals surface area contributed by atoms with E-state index in [4.69, 9.17) is 6.42 Å². The first-order valence-corrected chi connectivity index (χ1v) is 24.7. The zero-order valence-corrected chi connectivity index (χ0v) is 40.5. The third-order valence-corrected chi connectivity index (χ3v) is 15.6. The number of aromatic amines is 1. The third kappa shape index (κ3) is 9.25. The standard InChI is InChI=1S/C53H61F2N11O5/c1-6-31-11-13-32(14-12-31)30(2)58-48(69)41-21-36(67)27-66(41)49(70)45(52(3,4)5)60-51(71)64-28-53(29-64)23-35(24-53)63-18-15-33(16-19-63)34-25-56-50(57-26-34)65-20-17-39-43(44(65)46(54)55)38-22-40(61-62-47(38)59-39)37-9-7-8-10-42(37)68/h1,7-14,22,25-26,30,33,35-36,41,44-46,67-68H,15-21,23-24,27-29H2,2-5H3,(H,58,69)(H,59,62)(H,60,71)/t30-,36+,41-,44?,45+/m0/s1. The van der Waals surface area contributed by atoms with Gasteiger partial charge in [-0.2, -0.15) is 0 Å². The SMILES string of the molecule is C#Cc1ccc([C@H](C)NC(=O)[C@@H]2C[C@@H](O)CN2C(=O)[C@@H](NC(=O)N2CC3(CC(N4CCC(c5cnc(N6CCc7[nH]c8nnc(-c9ccccc9O)cc8c7C6C(F)F)nc5)CC4)C3)C2)C(C)(C)C)cc1. The van der Waals surface area contributed by atoms with Gasteiger partial charge in [0.15, 0.2) is 5.65 Å². The van der Waals surface area contributed by atoms with Gasteiger partial charge in [0.05, 0.1) is 17.8 Å². The molecule has 4 aliphatic heterocycles. The summed E-state index contributed by atoms with van der Waals surface area (Å²) in [6, 6.07) is 12.4. The van der Waals surface area contributed by atoms with E-state index in [2.05, 4.69) is 46.6 Å². The molecule has 5 atom stereocenters. The monoisotopic (exact) mass is 969 g/mol. The number of terminal acetylenes is 1. The molecule has 7 heterocycles. The first kappa shape index (κ1) is 47.9. The highest BCUT2D eigenvalue weighted by Gasteiger charge is 2.56. The second-order valence-electron chi connectivity index (χ2n) is 21.4. The number of rotatable bonds is 10. The molecular formula is C53H61F2N11O5. The van der Waals surface area contributed by atoms with Gasteiger partial charge in [0.25, 0.3) is 6.43 Å². The van der Waals surface area contributed by atoms with E-state index in [9.17, 15) is 24.6 Å². The summed E-state index contributed by atoms with van der Waals surface area (Å²) in [4.78, 5) is 61.4. The number of phenolic OH excluding ortho intramolecular Hbond substituents is 1. The number of alkyl halides is 2. The minimum atomic E-state index is -2.74. The first-order chi connectivity index (χ1) is 34.0. The van der Waals surface area contributed by atoms with Crippen LogP contribution in [-0.4, -0.2) is 138 Å². The lowest BCUT2D eigenvalue weighted by atomic mass is 9.60. The number of hydrogen-bond acceptors (Lipinski definition) is 11. The summed E-state index contributed by atoms with van der Waals surface area (Å²) in [5.74, 6) is 2.33. The Hall–Kier alpha value is -6.71. The number of carbonyl (C=O) groups is 3. The molecule has 0 bridgehead atoms. The highest BCUT2D eigenvalue weighted by atomic mass is 19.3. The Morgan fingerprint density at radius 3 is 2.34 bits per heavy atom. The van der Waals surface area contributed by atoms with Crippen LogP contribution in [0.4, 0.5) is 19.5 Å². The van der Waals surface area contributed by atoms with Gasteiger partial charge in [-0.1, -0.05) is 51.0 Å². The highest BCUT2D eigenvalue weighted by molar-refractivity contribution is 5.93. The summed E-state index contributed by atoms with van der Waals surface area (Å²) in [5.41, 5.74) is 4.33. The Morgan fingerprint density at radius 1 is 0.972 bits per heavy atom. The van der Waals surface area contributed by atoms with Crippen molar-refractivity contribution in [2.45, 2.75) is 115 Å². The van der Waals surface area contributed by atoms with Crippen molar-refractivity contribution in [3.8, 4) is 29.4 Å². The van der Waals surface area contributed by atoms with Gasteiger partial charge in [-0.25, -0.2) is 23.5 Å². The van der Waals surface area contributed by atoms with Crippen LogP contribution in [-0.2, 0) is 16.0 Å². The Bertz CT molecular complexity index is 2840. The molecule has 5 aromatic rings.